The van der Waals surface area contributed by atoms with E-state index in [1.165, 1.54) is 11.3 Å². The molecule has 0 saturated heterocycles. The molecule has 0 bridgehead atoms. The number of halogens is 1. The summed E-state index contributed by atoms with van der Waals surface area (Å²) in [7, 11) is 0. The van der Waals surface area contributed by atoms with Crippen molar-refractivity contribution in [1.29, 1.82) is 0 Å². The van der Waals surface area contributed by atoms with E-state index < -0.39 is 0 Å². The SMILES string of the molecule is O=C(Cc1csc(-c2ccccc2Cl)n1)NCc1nc2ccccc2[nH]1. The first-order chi connectivity index (χ1) is 12.7. The molecular formula is C19H15ClN4OS. The van der Waals surface area contributed by atoms with Gasteiger partial charge in [0.2, 0.25) is 5.91 Å². The molecule has 2 N–H and O–H groups in total. The molecule has 2 heterocycles. The van der Waals surface area contributed by atoms with Crippen molar-refractivity contribution in [3.05, 3.63) is 70.5 Å². The predicted molar refractivity (Wildman–Crippen MR) is 104 cm³/mol. The standard InChI is InChI=1S/C19H15ClN4OS/c20-14-6-2-1-5-13(14)19-22-12(11-26-19)9-18(25)21-10-17-23-15-7-3-4-8-16(15)24-17/h1-8,11H,9-10H2,(H,21,25)(H,23,24). The summed E-state index contributed by atoms with van der Waals surface area (Å²) in [5, 5.41) is 6.23. The molecule has 0 unspecified atom stereocenters. The lowest BCUT2D eigenvalue weighted by molar-refractivity contribution is -0.120. The van der Waals surface area contributed by atoms with Crippen LogP contribution in [0.15, 0.2) is 53.9 Å². The van der Waals surface area contributed by atoms with E-state index in [2.05, 4.69) is 20.3 Å². The molecule has 7 heteroatoms. The Morgan fingerprint density at radius 3 is 2.77 bits per heavy atom. The number of nitrogens with zero attached hydrogens (tertiary/aromatic N) is 2. The lowest BCUT2D eigenvalue weighted by Crippen LogP contribution is -2.25. The number of imidazole rings is 1. The molecule has 26 heavy (non-hydrogen) atoms. The van der Waals surface area contributed by atoms with Gasteiger partial charge in [0, 0.05) is 10.9 Å². The summed E-state index contributed by atoms with van der Waals surface area (Å²) in [6.07, 6.45) is 0.223. The van der Waals surface area contributed by atoms with Crippen molar-refractivity contribution in [3.8, 4) is 10.6 Å². The highest BCUT2D eigenvalue weighted by Gasteiger charge is 2.11. The number of carbonyl (C=O) groups excluding carboxylic acids is 1. The molecule has 2 aromatic carbocycles. The summed E-state index contributed by atoms with van der Waals surface area (Å²) in [6.45, 7) is 0.356. The number of fused-ring (bicyclic) bond motifs is 1. The summed E-state index contributed by atoms with van der Waals surface area (Å²) in [5.41, 5.74) is 3.46. The van der Waals surface area contributed by atoms with Crippen molar-refractivity contribution < 1.29 is 4.79 Å². The Bertz CT molecular complexity index is 1040. The number of benzene rings is 2. The van der Waals surface area contributed by atoms with E-state index in [-0.39, 0.29) is 12.3 Å². The molecule has 0 atom stereocenters. The van der Waals surface area contributed by atoms with Crippen molar-refractivity contribution in [3.63, 3.8) is 0 Å². The van der Waals surface area contributed by atoms with Crippen LogP contribution in [0.3, 0.4) is 0 Å². The van der Waals surface area contributed by atoms with Crippen LogP contribution in [-0.4, -0.2) is 20.9 Å². The number of H-pyrrole nitrogens is 1. The van der Waals surface area contributed by atoms with Gasteiger partial charge in [-0.2, -0.15) is 0 Å². The molecule has 130 valence electrons. The van der Waals surface area contributed by atoms with E-state index in [1.807, 2.05) is 53.9 Å². The molecule has 4 rings (SSSR count). The number of nitrogens with one attached hydrogen (secondary N) is 2. The third-order valence-electron chi connectivity index (χ3n) is 3.89. The highest BCUT2D eigenvalue weighted by molar-refractivity contribution is 7.13. The Morgan fingerprint density at radius 1 is 1.12 bits per heavy atom. The highest BCUT2D eigenvalue weighted by Crippen LogP contribution is 2.30. The van der Waals surface area contributed by atoms with Crippen LogP contribution in [0.25, 0.3) is 21.6 Å². The minimum Gasteiger partial charge on any atom is -0.349 e. The summed E-state index contributed by atoms with van der Waals surface area (Å²) >= 11 is 7.68. The number of para-hydroxylation sites is 2. The minimum atomic E-state index is -0.0959. The highest BCUT2D eigenvalue weighted by atomic mass is 35.5. The molecule has 4 aromatic rings. The molecule has 0 aliphatic rings. The average Bonchev–Trinajstić information content (AvgIpc) is 3.27. The van der Waals surface area contributed by atoms with Gasteiger partial charge in [-0.05, 0) is 18.2 Å². The van der Waals surface area contributed by atoms with Crippen LogP contribution in [0.1, 0.15) is 11.5 Å². The fraction of sp³-hybridized carbons (Fsp3) is 0.105. The number of aromatic amines is 1. The lowest BCUT2D eigenvalue weighted by atomic mass is 10.2. The maximum absolute atomic E-state index is 12.2. The Morgan fingerprint density at radius 2 is 1.92 bits per heavy atom. The number of hydrogen-bond acceptors (Lipinski definition) is 4. The number of amides is 1. The Balaban J connectivity index is 1.38. The van der Waals surface area contributed by atoms with Crippen LogP contribution in [0.2, 0.25) is 5.02 Å². The summed E-state index contributed by atoms with van der Waals surface area (Å²) in [4.78, 5) is 24.4. The molecule has 0 aliphatic heterocycles. The van der Waals surface area contributed by atoms with E-state index in [1.54, 1.807) is 0 Å². The van der Waals surface area contributed by atoms with E-state index in [0.29, 0.717) is 11.6 Å². The van der Waals surface area contributed by atoms with Gasteiger partial charge in [0.15, 0.2) is 0 Å². The molecular weight excluding hydrogens is 368 g/mol. The molecule has 5 nitrogen and oxygen atoms in total. The normalized spacial score (nSPS) is 11.0. The van der Waals surface area contributed by atoms with Gasteiger partial charge in [-0.25, -0.2) is 9.97 Å². The Hall–Kier alpha value is -2.70. The first-order valence-electron chi connectivity index (χ1n) is 8.08. The number of thiazole rings is 1. The van der Waals surface area contributed by atoms with E-state index >= 15 is 0 Å². The maximum atomic E-state index is 12.2. The fourth-order valence-electron chi connectivity index (χ4n) is 2.65. The van der Waals surface area contributed by atoms with E-state index in [4.69, 9.17) is 11.6 Å². The second-order valence-electron chi connectivity index (χ2n) is 5.78. The van der Waals surface area contributed by atoms with Crippen molar-refractivity contribution >= 4 is 39.9 Å². The first kappa shape index (κ1) is 16.8. The van der Waals surface area contributed by atoms with E-state index in [9.17, 15) is 4.79 Å². The van der Waals surface area contributed by atoms with Gasteiger partial charge in [0.1, 0.15) is 10.8 Å². The third kappa shape index (κ3) is 3.61. The van der Waals surface area contributed by atoms with Crippen LogP contribution in [-0.2, 0) is 17.8 Å². The van der Waals surface area contributed by atoms with Crippen LogP contribution >= 0.6 is 22.9 Å². The first-order valence-corrected chi connectivity index (χ1v) is 9.34. The summed E-state index contributed by atoms with van der Waals surface area (Å²) < 4.78 is 0. The van der Waals surface area contributed by atoms with Crippen LogP contribution in [0, 0.1) is 0 Å². The van der Waals surface area contributed by atoms with Crippen molar-refractivity contribution in [2.75, 3.05) is 0 Å². The lowest BCUT2D eigenvalue weighted by Gasteiger charge is -2.01. The number of hydrogen-bond donors (Lipinski definition) is 2. The van der Waals surface area contributed by atoms with Crippen molar-refractivity contribution in [2.24, 2.45) is 0 Å². The number of aromatic nitrogens is 3. The fourth-order valence-corrected chi connectivity index (χ4v) is 3.79. The second-order valence-corrected chi connectivity index (χ2v) is 7.04. The average molecular weight is 383 g/mol. The largest absolute Gasteiger partial charge is 0.349 e. The Kier molecular flexibility index (Phi) is 4.69. The number of rotatable bonds is 5. The zero-order valence-electron chi connectivity index (χ0n) is 13.7. The molecule has 0 fully saturated rings. The van der Waals surface area contributed by atoms with Gasteiger partial charge in [-0.15, -0.1) is 11.3 Å². The van der Waals surface area contributed by atoms with Crippen LogP contribution < -0.4 is 5.32 Å². The monoisotopic (exact) mass is 382 g/mol. The maximum Gasteiger partial charge on any atom is 0.226 e. The Labute approximate surface area is 159 Å². The third-order valence-corrected chi connectivity index (χ3v) is 5.14. The predicted octanol–water partition coefficient (Wildman–Crippen LogP) is 4.20. The van der Waals surface area contributed by atoms with Gasteiger partial charge >= 0.3 is 0 Å². The topological polar surface area (TPSA) is 70.7 Å². The quantitative estimate of drug-likeness (QED) is 0.543. The second kappa shape index (κ2) is 7.27. The van der Waals surface area contributed by atoms with Crippen molar-refractivity contribution in [2.45, 2.75) is 13.0 Å². The molecule has 0 saturated carbocycles. The number of carbonyl (C=O) groups is 1. The van der Waals surface area contributed by atoms with Crippen LogP contribution in [0.4, 0.5) is 0 Å². The molecule has 0 aliphatic carbocycles. The molecule has 1 amide bonds. The van der Waals surface area contributed by atoms with Gasteiger partial charge in [0.25, 0.3) is 0 Å². The van der Waals surface area contributed by atoms with E-state index in [0.717, 1.165) is 33.1 Å². The van der Waals surface area contributed by atoms with Gasteiger partial charge in [0.05, 0.1) is 34.7 Å². The van der Waals surface area contributed by atoms with Gasteiger partial charge in [-0.1, -0.05) is 41.9 Å². The summed E-state index contributed by atoms with van der Waals surface area (Å²) in [5.74, 6) is 0.635. The van der Waals surface area contributed by atoms with Gasteiger partial charge in [-0.3, -0.25) is 4.79 Å². The van der Waals surface area contributed by atoms with Crippen molar-refractivity contribution in [1.82, 2.24) is 20.3 Å². The summed E-state index contributed by atoms with van der Waals surface area (Å²) in [6, 6.07) is 15.3. The molecule has 2 aromatic heterocycles. The van der Waals surface area contributed by atoms with Crippen LogP contribution in [0.5, 0.6) is 0 Å². The smallest absolute Gasteiger partial charge is 0.226 e. The zero-order valence-corrected chi connectivity index (χ0v) is 15.3. The van der Waals surface area contributed by atoms with Gasteiger partial charge < -0.3 is 10.3 Å². The zero-order chi connectivity index (χ0) is 17.9. The molecule has 0 radical (unpaired) electrons. The molecule has 0 spiro atoms. The minimum absolute atomic E-state index is 0.0959.